The van der Waals surface area contributed by atoms with Gasteiger partial charge in [0.2, 0.25) is 0 Å². The fourth-order valence-electron chi connectivity index (χ4n) is 2.96. The van der Waals surface area contributed by atoms with Gasteiger partial charge in [0.25, 0.3) is 0 Å². The van der Waals surface area contributed by atoms with Crippen LogP contribution in [0.5, 0.6) is 0 Å². The lowest BCUT2D eigenvalue weighted by Gasteiger charge is -2.15. The van der Waals surface area contributed by atoms with Gasteiger partial charge in [0.05, 0.1) is 0 Å². The monoisotopic (exact) mass is 346 g/mol. The Labute approximate surface area is 150 Å². The van der Waals surface area contributed by atoms with Crippen molar-refractivity contribution < 1.29 is 19.5 Å². The number of rotatable bonds is 12. The van der Waals surface area contributed by atoms with Gasteiger partial charge in [-0.1, -0.05) is 29.9 Å². The van der Waals surface area contributed by atoms with Crippen LogP contribution in [0.2, 0.25) is 0 Å². The molecule has 0 aromatic heterocycles. The molecule has 0 unspecified atom stereocenters. The van der Waals surface area contributed by atoms with E-state index in [1.54, 1.807) is 6.08 Å². The molecule has 0 aromatic rings. The number of carboxylic acid groups (broad SMARTS) is 1. The molecule has 2 atom stereocenters. The summed E-state index contributed by atoms with van der Waals surface area (Å²) in [4.78, 5) is 34.8. The number of hydrogen-bond donors (Lipinski definition) is 1. The number of ketones is 2. The summed E-state index contributed by atoms with van der Waals surface area (Å²) in [5.41, 5.74) is 1.30. The Morgan fingerprint density at radius 3 is 2.52 bits per heavy atom. The summed E-state index contributed by atoms with van der Waals surface area (Å²) in [6.45, 7) is 4.14. The highest BCUT2D eigenvalue weighted by Gasteiger charge is 2.33. The van der Waals surface area contributed by atoms with Crippen LogP contribution in [0, 0.1) is 11.8 Å². The van der Waals surface area contributed by atoms with Gasteiger partial charge in [-0.25, -0.2) is 0 Å². The molecule has 138 valence electrons. The van der Waals surface area contributed by atoms with Gasteiger partial charge < -0.3 is 5.11 Å². The second-order valence-electron chi connectivity index (χ2n) is 6.88. The van der Waals surface area contributed by atoms with E-state index in [1.807, 2.05) is 12.2 Å². The van der Waals surface area contributed by atoms with Crippen molar-refractivity contribution in [2.75, 3.05) is 0 Å². The van der Waals surface area contributed by atoms with Crippen molar-refractivity contribution in [3.05, 3.63) is 36.0 Å². The van der Waals surface area contributed by atoms with Crippen LogP contribution in [0.3, 0.4) is 0 Å². The van der Waals surface area contributed by atoms with Crippen LogP contribution < -0.4 is 0 Å². The van der Waals surface area contributed by atoms with Crippen LogP contribution in [0.4, 0.5) is 0 Å². The zero-order chi connectivity index (χ0) is 18.7. The van der Waals surface area contributed by atoms with Gasteiger partial charge in [-0.2, -0.15) is 0 Å². The fourth-order valence-corrected chi connectivity index (χ4v) is 2.96. The highest BCUT2D eigenvalue weighted by Crippen LogP contribution is 2.28. The third-order valence-electron chi connectivity index (χ3n) is 4.39. The SMILES string of the molecule is CC(C)=CCCCCC(=O)[C@@H]1C=CC(=O)[C@@H]1CC=CCCCC(=O)O. The molecule has 0 aliphatic heterocycles. The predicted octanol–water partition coefficient (Wildman–Crippen LogP) is 4.65. The molecule has 1 aliphatic rings. The van der Waals surface area contributed by atoms with Crippen LogP contribution in [0.1, 0.15) is 65.2 Å². The van der Waals surface area contributed by atoms with E-state index in [2.05, 4.69) is 19.9 Å². The molecule has 0 amide bonds. The van der Waals surface area contributed by atoms with Gasteiger partial charge >= 0.3 is 5.97 Å². The van der Waals surface area contributed by atoms with Gasteiger partial charge in [-0.15, -0.1) is 0 Å². The number of allylic oxidation sites excluding steroid dienone is 6. The first-order valence-corrected chi connectivity index (χ1v) is 9.16. The first kappa shape index (κ1) is 21.1. The number of aliphatic carboxylic acids is 1. The number of unbranched alkanes of at least 4 members (excludes halogenated alkanes) is 3. The molecule has 1 rings (SSSR count). The van der Waals surface area contributed by atoms with Crippen LogP contribution in [-0.4, -0.2) is 22.6 Å². The normalized spacial score (nSPS) is 19.5. The van der Waals surface area contributed by atoms with Gasteiger partial charge in [0.15, 0.2) is 5.78 Å². The number of Topliss-reactive ketones (excluding diaryl/α,β-unsaturated/α-hetero) is 1. The van der Waals surface area contributed by atoms with Crippen molar-refractivity contribution >= 4 is 17.5 Å². The first-order valence-electron chi connectivity index (χ1n) is 9.16. The highest BCUT2D eigenvalue weighted by molar-refractivity contribution is 6.00. The van der Waals surface area contributed by atoms with Crippen molar-refractivity contribution in [3.63, 3.8) is 0 Å². The smallest absolute Gasteiger partial charge is 0.303 e. The van der Waals surface area contributed by atoms with Gasteiger partial charge in [-0.3, -0.25) is 14.4 Å². The van der Waals surface area contributed by atoms with Crippen molar-refractivity contribution in [2.45, 2.75) is 65.2 Å². The minimum absolute atomic E-state index is 0.0260. The zero-order valence-electron chi connectivity index (χ0n) is 15.4. The standard InChI is InChI=1S/C21H30O4/c1-16(2)10-6-5-8-12-19(22)18-14-15-20(23)17(18)11-7-3-4-9-13-21(24)25/h3,7,10,14-15,17-18H,4-6,8-9,11-13H2,1-2H3,(H,24,25)/t17-,18-/m1/s1. The summed E-state index contributed by atoms with van der Waals surface area (Å²) < 4.78 is 0. The maximum atomic E-state index is 12.4. The molecule has 4 heteroatoms. The maximum Gasteiger partial charge on any atom is 0.303 e. The van der Waals surface area contributed by atoms with Gasteiger partial charge in [0, 0.05) is 24.7 Å². The molecule has 0 radical (unpaired) electrons. The summed E-state index contributed by atoms with van der Waals surface area (Å²) in [6, 6.07) is 0. The average Bonchev–Trinajstić information content (AvgIpc) is 2.90. The molecule has 0 fully saturated rings. The Morgan fingerprint density at radius 1 is 1.08 bits per heavy atom. The molecule has 1 N–H and O–H groups in total. The first-order chi connectivity index (χ1) is 11.9. The number of carbonyl (C=O) groups excluding carboxylic acids is 2. The van der Waals surface area contributed by atoms with Crippen LogP contribution in [-0.2, 0) is 14.4 Å². The van der Waals surface area contributed by atoms with Gasteiger partial charge in [-0.05, 0) is 58.4 Å². The molecule has 4 nitrogen and oxygen atoms in total. The van der Waals surface area contributed by atoms with E-state index >= 15 is 0 Å². The molecule has 0 bridgehead atoms. The summed E-state index contributed by atoms with van der Waals surface area (Å²) in [5.74, 6) is -1.18. The van der Waals surface area contributed by atoms with Gasteiger partial charge in [0.1, 0.15) is 5.78 Å². The Bertz CT molecular complexity index is 550. The largest absolute Gasteiger partial charge is 0.481 e. The molecule has 1 aliphatic carbocycles. The third-order valence-corrected chi connectivity index (χ3v) is 4.39. The topological polar surface area (TPSA) is 71.4 Å². The fraction of sp³-hybridized carbons (Fsp3) is 0.571. The van der Waals surface area contributed by atoms with Crippen LogP contribution >= 0.6 is 0 Å². The van der Waals surface area contributed by atoms with Crippen LogP contribution in [0.25, 0.3) is 0 Å². The minimum Gasteiger partial charge on any atom is -0.481 e. The highest BCUT2D eigenvalue weighted by atomic mass is 16.4. The van der Waals surface area contributed by atoms with E-state index in [4.69, 9.17) is 5.11 Å². The lowest BCUT2D eigenvalue weighted by atomic mass is 9.86. The minimum atomic E-state index is -0.793. The lowest BCUT2D eigenvalue weighted by molar-refractivity contribution is -0.137. The molecular formula is C21H30O4. The number of carboxylic acids is 1. The van der Waals surface area contributed by atoms with E-state index in [1.165, 1.54) is 11.6 Å². The Balaban J connectivity index is 2.36. The Kier molecular flexibility index (Phi) is 9.75. The average molecular weight is 346 g/mol. The summed E-state index contributed by atoms with van der Waals surface area (Å²) >= 11 is 0. The zero-order valence-corrected chi connectivity index (χ0v) is 15.4. The number of hydrogen-bond acceptors (Lipinski definition) is 3. The second-order valence-corrected chi connectivity index (χ2v) is 6.88. The lowest BCUT2D eigenvalue weighted by Crippen LogP contribution is -2.22. The Morgan fingerprint density at radius 2 is 1.84 bits per heavy atom. The quantitative estimate of drug-likeness (QED) is 0.412. The van der Waals surface area contributed by atoms with E-state index in [9.17, 15) is 14.4 Å². The van der Waals surface area contributed by atoms with Crippen LogP contribution in [0.15, 0.2) is 36.0 Å². The van der Waals surface area contributed by atoms with E-state index in [0.717, 1.165) is 19.3 Å². The van der Waals surface area contributed by atoms with E-state index in [0.29, 0.717) is 25.7 Å². The Hall–Kier alpha value is -1.97. The molecule has 0 saturated heterocycles. The molecule has 25 heavy (non-hydrogen) atoms. The van der Waals surface area contributed by atoms with Crippen molar-refractivity contribution in [2.24, 2.45) is 11.8 Å². The van der Waals surface area contributed by atoms with E-state index < -0.39 is 5.97 Å². The summed E-state index contributed by atoms with van der Waals surface area (Å²) in [7, 11) is 0. The summed E-state index contributed by atoms with van der Waals surface area (Å²) in [5, 5.41) is 8.59. The second kappa shape index (κ2) is 11.6. The summed E-state index contributed by atoms with van der Waals surface area (Å²) in [6.07, 6.45) is 14.7. The van der Waals surface area contributed by atoms with Crippen molar-refractivity contribution in [1.29, 1.82) is 0 Å². The molecule has 0 aromatic carbocycles. The molecule has 0 saturated carbocycles. The molecular weight excluding hydrogens is 316 g/mol. The number of carbonyl (C=O) groups is 3. The maximum absolute atomic E-state index is 12.4. The van der Waals surface area contributed by atoms with Crippen molar-refractivity contribution in [3.8, 4) is 0 Å². The predicted molar refractivity (Wildman–Crippen MR) is 99.3 cm³/mol. The third kappa shape index (κ3) is 8.62. The molecule has 0 heterocycles. The van der Waals surface area contributed by atoms with Crippen molar-refractivity contribution in [1.82, 2.24) is 0 Å². The van der Waals surface area contributed by atoms with E-state index in [-0.39, 0.29) is 29.8 Å². The molecule has 0 spiro atoms.